The van der Waals surface area contributed by atoms with E-state index in [0.29, 0.717) is 12.8 Å². The van der Waals surface area contributed by atoms with E-state index in [2.05, 4.69) is 19.9 Å². The zero-order valence-electron chi connectivity index (χ0n) is 21.0. The van der Waals surface area contributed by atoms with E-state index in [1.807, 2.05) is 13.8 Å². The van der Waals surface area contributed by atoms with Gasteiger partial charge in [-0.2, -0.15) is 0 Å². The summed E-state index contributed by atoms with van der Waals surface area (Å²) in [6, 6.07) is 0. The summed E-state index contributed by atoms with van der Waals surface area (Å²) in [7, 11) is 0. The second-order valence-electron chi connectivity index (χ2n) is 11.5. The first kappa shape index (κ1) is 27.2. The van der Waals surface area contributed by atoms with Gasteiger partial charge in [-0.25, -0.2) is 0 Å². The van der Waals surface area contributed by atoms with Crippen LogP contribution < -0.4 is 0 Å². The van der Waals surface area contributed by atoms with Gasteiger partial charge in [0.2, 0.25) is 0 Å². The molecule has 3 aliphatic carbocycles. The van der Waals surface area contributed by atoms with Crippen LogP contribution in [0.1, 0.15) is 53.4 Å². The van der Waals surface area contributed by atoms with Crippen molar-refractivity contribution in [2.24, 2.45) is 23.2 Å². The molecule has 4 rings (SSSR count). The molecule has 1 heterocycles. The van der Waals surface area contributed by atoms with E-state index in [0.717, 1.165) is 29.6 Å². The Morgan fingerprint density at radius 2 is 1.74 bits per heavy atom. The third-order valence-corrected chi connectivity index (χ3v) is 9.01. The van der Waals surface area contributed by atoms with Gasteiger partial charge in [-0.15, -0.1) is 0 Å². The highest BCUT2D eigenvalue weighted by atomic mass is 16.7. The van der Waals surface area contributed by atoms with E-state index in [-0.39, 0.29) is 24.4 Å². The van der Waals surface area contributed by atoms with Crippen molar-refractivity contribution in [2.75, 3.05) is 13.2 Å². The minimum Gasteiger partial charge on any atom is -0.394 e. The van der Waals surface area contributed by atoms with Crippen LogP contribution in [0.2, 0.25) is 0 Å². The monoisotopic (exact) mass is 498 g/mol. The lowest BCUT2D eigenvalue weighted by Gasteiger charge is -2.46. The van der Waals surface area contributed by atoms with E-state index >= 15 is 0 Å². The van der Waals surface area contributed by atoms with E-state index in [1.54, 1.807) is 0 Å². The molecule has 1 saturated carbocycles. The number of hydrogen-bond acceptors (Lipinski definition) is 9. The first-order chi connectivity index (χ1) is 16.4. The van der Waals surface area contributed by atoms with Crippen molar-refractivity contribution in [3.05, 3.63) is 22.8 Å². The Bertz CT molecular complexity index is 854. The molecule has 0 aromatic rings. The van der Waals surface area contributed by atoms with Gasteiger partial charge in [0, 0.05) is 5.41 Å². The highest BCUT2D eigenvalue weighted by molar-refractivity contribution is 5.42. The number of ether oxygens (including phenoxy) is 2. The van der Waals surface area contributed by atoms with Crippen molar-refractivity contribution in [3.8, 4) is 0 Å². The van der Waals surface area contributed by atoms with Crippen molar-refractivity contribution in [2.45, 2.75) is 102 Å². The molecule has 1 aliphatic heterocycles. The Hall–Kier alpha value is -0.880. The molecule has 2 fully saturated rings. The Kier molecular flexibility index (Phi) is 7.59. The molecule has 0 radical (unpaired) electrons. The average Bonchev–Trinajstić information content (AvgIpc) is 3.33. The molecule has 0 spiro atoms. The molecular formula is C26H42O9. The Labute approximate surface area is 206 Å². The predicted molar refractivity (Wildman–Crippen MR) is 126 cm³/mol. The van der Waals surface area contributed by atoms with Crippen LogP contribution in [0.5, 0.6) is 0 Å². The van der Waals surface area contributed by atoms with Crippen LogP contribution in [0.15, 0.2) is 22.8 Å². The van der Waals surface area contributed by atoms with Crippen molar-refractivity contribution in [1.29, 1.82) is 0 Å². The second kappa shape index (κ2) is 9.78. The molecule has 0 unspecified atom stereocenters. The van der Waals surface area contributed by atoms with Gasteiger partial charge in [0.25, 0.3) is 0 Å². The van der Waals surface area contributed by atoms with Gasteiger partial charge in [0.15, 0.2) is 6.29 Å². The molecule has 4 aliphatic rings. The molecule has 7 N–H and O–H groups in total. The summed E-state index contributed by atoms with van der Waals surface area (Å²) >= 11 is 0. The van der Waals surface area contributed by atoms with Gasteiger partial charge < -0.3 is 45.2 Å². The Balaban J connectivity index is 1.80. The maximum atomic E-state index is 11.7. The number of aliphatic hydroxyl groups excluding tert-OH is 6. The lowest BCUT2D eigenvalue weighted by atomic mass is 9.68. The van der Waals surface area contributed by atoms with Crippen molar-refractivity contribution < 1.29 is 45.2 Å². The van der Waals surface area contributed by atoms with Gasteiger partial charge in [0.1, 0.15) is 36.1 Å². The first-order valence-corrected chi connectivity index (χ1v) is 12.8. The Morgan fingerprint density at radius 3 is 2.34 bits per heavy atom. The van der Waals surface area contributed by atoms with Crippen LogP contribution in [0.3, 0.4) is 0 Å². The summed E-state index contributed by atoms with van der Waals surface area (Å²) in [6.45, 7) is 7.13. The maximum absolute atomic E-state index is 11.7. The molecule has 0 amide bonds. The van der Waals surface area contributed by atoms with Gasteiger partial charge in [-0.1, -0.05) is 39.3 Å². The summed E-state index contributed by atoms with van der Waals surface area (Å²) in [6.07, 6.45) is -4.46. The van der Waals surface area contributed by atoms with E-state index in [4.69, 9.17) is 9.47 Å². The summed E-state index contributed by atoms with van der Waals surface area (Å²) in [5.41, 5.74) is 0.859. The number of rotatable bonds is 5. The fourth-order valence-corrected chi connectivity index (χ4v) is 6.79. The Morgan fingerprint density at radius 1 is 1.06 bits per heavy atom. The summed E-state index contributed by atoms with van der Waals surface area (Å²) in [4.78, 5) is 0. The highest BCUT2D eigenvalue weighted by Gasteiger charge is 2.54. The SMILES string of the molecule is CC(C)C1=C2[C@@H](O[C@H]3O[C@H](CO)[C@@H](O)[C@H](O)[C@H]3O)[C@H](O)[C@H](C)[C@@H]3CC[C@@](O)(CO)/C3=C/[C@@]2(C)CC1. The summed E-state index contributed by atoms with van der Waals surface area (Å²) < 4.78 is 11.9. The minimum absolute atomic E-state index is 0.157. The largest absolute Gasteiger partial charge is 0.394 e. The van der Waals surface area contributed by atoms with Crippen LogP contribution in [0.4, 0.5) is 0 Å². The highest BCUT2D eigenvalue weighted by Crippen LogP contribution is 2.56. The van der Waals surface area contributed by atoms with E-state index in [9.17, 15) is 35.7 Å². The number of aliphatic hydroxyl groups is 7. The molecular weight excluding hydrogens is 456 g/mol. The van der Waals surface area contributed by atoms with Crippen molar-refractivity contribution in [3.63, 3.8) is 0 Å². The van der Waals surface area contributed by atoms with Crippen molar-refractivity contribution >= 4 is 0 Å². The topological polar surface area (TPSA) is 160 Å². The second-order valence-corrected chi connectivity index (χ2v) is 11.5. The molecule has 35 heavy (non-hydrogen) atoms. The molecule has 9 heteroatoms. The molecule has 11 atom stereocenters. The van der Waals surface area contributed by atoms with Gasteiger partial charge in [-0.05, 0) is 54.6 Å². The number of fused-ring (bicyclic) bond motifs is 2. The lowest BCUT2D eigenvalue weighted by molar-refractivity contribution is -0.315. The zero-order chi connectivity index (χ0) is 25.9. The lowest BCUT2D eigenvalue weighted by Crippen LogP contribution is -2.60. The van der Waals surface area contributed by atoms with Crippen LogP contribution in [-0.4, -0.2) is 97.5 Å². The molecule has 200 valence electrons. The molecule has 9 nitrogen and oxygen atoms in total. The summed E-state index contributed by atoms with van der Waals surface area (Å²) in [5.74, 6) is -0.351. The molecule has 0 aromatic heterocycles. The van der Waals surface area contributed by atoms with E-state index < -0.39 is 60.5 Å². The molecule has 1 saturated heterocycles. The minimum atomic E-state index is -1.58. The fourth-order valence-electron chi connectivity index (χ4n) is 6.79. The number of allylic oxidation sites excluding steroid dienone is 2. The fraction of sp³-hybridized carbons (Fsp3) is 0.846. The quantitative estimate of drug-likeness (QED) is 0.259. The molecule has 0 aromatic carbocycles. The standard InChI is InChI=1S/C26H42O9/c1-12(2)14-5-7-25(4)9-16-15(6-8-26(16,33)11-28)13(3)19(29)23(18(14)25)35-24-22(32)21(31)20(30)17(10-27)34-24/h9,12-13,15,17,19-24,27-33H,5-8,10-11H2,1-4H3/b16-9+/t13-,15+,17-,19-,20-,21+,22-,23-,24-,25-,26-/m1/s1. The van der Waals surface area contributed by atoms with Gasteiger partial charge >= 0.3 is 0 Å². The average molecular weight is 499 g/mol. The van der Waals surface area contributed by atoms with Crippen LogP contribution in [0.25, 0.3) is 0 Å². The van der Waals surface area contributed by atoms with Gasteiger partial charge in [0.05, 0.1) is 19.3 Å². The smallest absolute Gasteiger partial charge is 0.187 e. The normalized spacial score (nSPS) is 49.9. The predicted octanol–water partition coefficient (Wildman–Crippen LogP) is -0.00540. The van der Waals surface area contributed by atoms with Crippen LogP contribution >= 0.6 is 0 Å². The first-order valence-electron chi connectivity index (χ1n) is 12.8. The van der Waals surface area contributed by atoms with Crippen molar-refractivity contribution in [1.82, 2.24) is 0 Å². The summed E-state index contributed by atoms with van der Waals surface area (Å²) in [5, 5.41) is 73.7. The van der Waals surface area contributed by atoms with Crippen LogP contribution in [-0.2, 0) is 9.47 Å². The maximum Gasteiger partial charge on any atom is 0.187 e. The number of hydrogen-bond donors (Lipinski definition) is 7. The van der Waals surface area contributed by atoms with Gasteiger partial charge in [-0.3, -0.25) is 0 Å². The third-order valence-electron chi connectivity index (χ3n) is 9.01. The molecule has 0 bridgehead atoms. The third kappa shape index (κ3) is 4.43. The van der Waals surface area contributed by atoms with E-state index in [1.165, 1.54) is 0 Å². The zero-order valence-corrected chi connectivity index (χ0v) is 21.0. The van der Waals surface area contributed by atoms with Crippen LogP contribution in [0, 0.1) is 23.2 Å².